The number of piperidine rings is 1. The van der Waals surface area contributed by atoms with Crippen molar-refractivity contribution in [1.29, 1.82) is 0 Å². The van der Waals surface area contributed by atoms with Gasteiger partial charge in [0.1, 0.15) is 11.6 Å². The highest BCUT2D eigenvalue weighted by atomic mass is 35.5. The third-order valence-electron chi connectivity index (χ3n) is 4.67. The van der Waals surface area contributed by atoms with Gasteiger partial charge in [0, 0.05) is 30.7 Å². The maximum absolute atomic E-state index is 13.0. The molecule has 0 unspecified atom stereocenters. The lowest BCUT2D eigenvalue weighted by Gasteiger charge is -2.32. The molecule has 0 aromatic heterocycles. The summed E-state index contributed by atoms with van der Waals surface area (Å²) in [6, 6.07) is 14.0. The van der Waals surface area contributed by atoms with Crippen LogP contribution in [0.5, 0.6) is 5.75 Å². The number of halogens is 2. The van der Waals surface area contributed by atoms with Crippen LogP contribution >= 0.6 is 11.6 Å². The molecule has 1 aliphatic rings. The molecule has 0 spiro atoms. The van der Waals surface area contributed by atoms with Gasteiger partial charge in [0.05, 0.1) is 13.0 Å². The van der Waals surface area contributed by atoms with E-state index in [1.165, 1.54) is 12.1 Å². The molecule has 0 atom stereocenters. The predicted octanol–water partition coefficient (Wildman–Crippen LogP) is 4.03. The highest BCUT2D eigenvalue weighted by Crippen LogP contribution is 2.17. The zero-order valence-electron chi connectivity index (χ0n) is 15.2. The van der Waals surface area contributed by atoms with E-state index in [2.05, 4.69) is 10.2 Å². The Bertz CT molecular complexity index is 746. The van der Waals surface area contributed by atoms with Crippen LogP contribution in [0.4, 0.5) is 4.39 Å². The summed E-state index contributed by atoms with van der Waals surface area (Å²) in [7, 11) is 0. The number of benzene rings is 2. The minimum atomic E-state index is -0.209. The number of carbonyl (C=O) groups excluding carboxylic acids is 1. The van der Waals surface area contributed by atoms with Gasteiger partial charge in [-0.05, 0) is 48.7 Å². The Hall–Kier alpha value is -2.11. The first-order valence-corrected chi connectivity index (χ1v) is 9.61. The molecular weight excluding hydrogens is 367 g/mol. The fourth-order valence-corrected chi connectivity index (χ4v) is 3.38. The Morgan fingerprint density at radius 2 is 1.93 bits per heavy atom. The molecule has 1 N–H and O–H groups in total. The minimum Gasteiger partial charge on any atom is -0.493 e. The number of ether oxygens (including phenoxy) is 1. The third-order valence-corrected chi connectivity index (χ3v) is 4.90. The molecule has 6 heteroatoms. The number of nitrogens with zero attached hydrogens (tertiary/aromatic N) is 1. The lowest BCUT2D eigenvalue weighted by atomic mass is 10.0. The summed E-state index contributed by atoms with van der Waals surface area (Å²) in [5, 5.41) is 3.70. The minimum absolute atomic E-state index is 0.00835. The molecule has 0 bridgehead atoms. The zero-order chi connectivity index (χ0) is 19.1. The summed E-state index contributed by atoms with van der Waals surface area (Å²) in [4.78, 5) is 14.4. The number of rotatable bonds is 7. The molecule has 2 aromatic carbocycles. The van der Waals surface area contributed by atoms with Crippen molar-refractivity contribution in [2.45, 2.75) is 31.8 Å². The van der Waals surface area contributed by atoms with E-state index < -0.39 is 0 Å². The Balaban J connectivity index is 1.33. The fourth-order valence-electron chi connectivity index (χ4n) is 3.20. The molecule has 1 fully saturated rings. The van der Waals surface area contributed by atoms with Gasteiger partial charge in [-0.15, -0.1) is 0 Å². The molecule has 0 saturated carbocycles. The largest absolute Gasteiger partial charge is 0.493 e. The van der Waals surface area contributed by atoms with Crippen LogP contribution in [0, 0.1) is 5.82 Å². The first-order valence-electron chi connectivity index (χ1n) is 9.23. The number of nitrogens with one attached hydrogen (secondary N) is 1. The molecule has 0 aliphatic carbocycles. The Morgan fingerprint density at radius 3 is 2.63 bits per heavy atom. The second kappa shape index (κ2) is 9.72. The van der Waals surface area contributed by atoms with Gasteiger partial charge in [-0.2, -0.15) is 0 Å². The van der Waals surface area contributed by atoms with E-state index in [-0.39, 0.29) is 17.8 Å². The van der Waals surface area contributed by atoms with Crippen LogP contribution in [0.1, 0.15) is 24.8 Å². The smallest absolute Gasteiger partial charge is 0.223 e. The van der Waals surface area contributed by atoms with Crippen molar-refractivity contribution >= 4 is 17.5 Å². The Morgan fingerprint density at radius 1 is 1.19 bits per heavy atom. The van der Waals surface area contributed by atoms with E-state index in [4.69, 9.17) is 16.3 Å². The predicted molar refractivity (Wildman–Crippen MR) is 104 cm³/mol. The van der Waals surface area contributed by atoms with Gasteiger partial charge >= 0.3 is 0 Å². The van der Waals surface area contributed by atoms with Gasteiger partial charge in [-0.1, -0.05) is 29.8 Å². The van der Waals surface area contributed by atoms with E-state index in [1.807, 2.05) is 24.3 Å². The average Bonchev–Trinajstić information content (AvgIpc) is 2.65. The number of carbonyl (C=O) groups is 1. The topological polar surface area (TPSA) is 41.6 Å². The van der Waals surface area contributed by atoms with Crippen LogP contribution in [0.2, 0.25) is 5.02 Å². The fraction of sp³-hybridized carbons (Fsp3) is 0.381. The normalized spacial score (nSPS) is 15.5. The molecule has 3 rings (SSSR count). The van der Waals surface area contributed by atoms with Gasteiger partial charge in [0.25, 0.3) is 0 Å². The second-order valence-electron chi connectivity index (χ2n) is 6.80. The number of hydrogen-bond acceptors (Lipinski definition) is 3. The lowest BCUT2D eigenvalue weighted by Crippen LogP contribution is -2.44. The van der Waals surface area contributed by atoms with Crippen LogP contribution in [0.3, 0.4) is 0 Å². The maximum Gasteiger partial charge on any atom is 0.223 e. The molecule has 1 aliphatic heterocycles. The van der Waals surface area contributed by atoms with E-state index >= 15 is 0 Å². The number of likely N-dealkylation sites (tertiary alicyclic amines) is 1. The quantitative estimate of drug-likeness (QED) is 0.776. The van der Waals surface area contributed by atoms with E-state index in [1.54, 1.807) is 12.1 Å². The zero-order valence-corrected chi connectivity index (χ0v) is 15.9. The van der Waals surface area contributed by atoms with Gasteiger partial charge in [-0.3, -0.25) is 9.69 Å². The molecule has 144 valence electrons. The van der Waals surface area contributed by atoms with Crippen molar-refractivity contribution in [3.8, 4) is 5.75 Å². The van der Waals surface area contributed by atoms with Crippen LogP contribution in [-0.4, -0.2) is 36.5 Å². The van der Waals surface area contributed by atoms with E-state index in [9.17, 15) is 9.18 Å². The monoisotopic (exact) mass is 390 g/mol. The summed E-state index contributed by atoms with van der Waals surface area (Å²) in [6.45, 7) is 2.98. The number of amides is 1. The molecule has 1 heterocycles. The van der Waals surface area contributed by atoms with Crippen LogP contribution in [-0.2, 0) is 11.3 Å². The van der Waals surface area contributed by atoms with Gasteiger partial charge < -0.3 is 10.1 Å². The molecule has 4 nitrogen and oxygen atoms in total. The molecule has 2 aromatic rings. The van der Waals surface area contributed by atoms with E-state index in [0.717, 1.165) is 38.0 Å². The Kier molecular flexibility index (Phi) is 7.07. The van der Waals surface area contributed by atoms with Crippen LogP contribution in [0.25, 0.3) is 0 Å². The molecule has 1 saturated heterocycles. The summed E-state index contributed by atoms with van der Waals surface area (Å²) >= 11 is 5.90. The first-order chi connectivity index (χ1) is 13.1. The summed E-state index contributed by atoms with van der Waals surface area (Å²) < 4.78 is 18.5. The molecule has 1 amide bonds. The summed E-state index contributed by atoms with van der Waals surface area (Å²) in [6.07, 6.45) is 2.16. The average molecular weight is 391 g/mol. The summed E-state index contributed by atoms with van der Waals surface area (Å²) in [5.74, 6) is 0.470. The van der Waals surface area contributed by atoms with Crippen molar-refractivity contribution in [1.82, 2.24) is 10.2 Å². The first kappa shape index (κ1) is 19.6. The van der Waals surface area contributed by atoms with Crippen LogP contribution in [0.15, 0.2) is 48.5 Å². The van der Waals surface area contributed by atoms with Crippen molar-refractivity contribution in [3.63, 3.8) is 0 Å². The molecule has 27 heavy (non-hydrogen) atoms. The van der Waals surface area contributed by atoms with Crippen molar-refractivity contribution in [2.75, 3.05) is 19.7 Å². The molecular formula is C21H24ClFN2O2. The van der Waals surface area contributed by atoms with Crippen molar-refractivity contribution in [3.05, 3.63) is 64.9 Å². The highest BCUT2D eigenvalue weighted by molar-refractivity contribution is 6.30. The highest BCUT2D eigenvalue weighted by Gasteiger charge is 2.20. The standard InChI is InChI=1S/C21H24ClFN2O2/c22-17-2-1-3-20(14-17)27-13-10-21(26)24-19-8-11-25(12-9-19)15-16-4-6-18(23)7-5-16/h1-7,14,19H,8-13,15H2,(H,24,26). The van der Waals surface area contributed by atoms with Crippen LogP contribution < -0.4 is 10.1 Å². The summed E-state index contributed by atoms with van der Waals surface area (Å²) in [5.41, 5.74) is 1.11. The van der Waals surface area contributed by atoms with Crippen molar-refractivity contribution in [2.24, 2.45) is 0 Å². The van der Waals surface area contributed by atoms with Gasteiger partial charge in [0.15, 0.2) is 0 Å². The second-order valence-corrected chi connectivity index (χ2v) is 7.24. The third kappa shape index (κ3) is 6.52. The van der Waals surface area contributed by atoms with Crippen molar-refractivity contribution < 1.29 is 13.9 Å². The lowest BCUT2D eigenvalue weighted by molar-refractivity contribution is -0.122. The van der Waals surface area contributed by atoms with Gasteiger partial charge in [0.2, 0.25) is 5.91 Å². The Labute approximate surface area is 164 Å². The van der Waals surface area contributed by atoms with Gasteiger partial charge in [-0.25, -0.2) is 4.39 Å². The number of hydrogen-bond donors (Lipinski definition) is 1. The SMILES string of the molecule is O=C(CCOc1cccc(Cl)c1)NC1CCN(Cc2ccc(F)cc2)CC1. The maximum atomic E-state index is 13.0. The molecule has 0 radical (unpaired) electrons. The van der Waals surface area contributed by atoms with E-state index in [0.29, 0.717) is 23.8 Å².